The van der Waals surface area contributed by atoms with Crippen molar-refractivity contribution in [2.45, 2.75) is 26.3 Å². The summed E-state index contributed by atoms with van der Waals surface area (Å²) in [6, 6.07) is 8.22. The van der Waals surface area contributed by atoms with Gasteiger partial charge in [-0.2, -0.15) is 0 Å². The molecule has 1 heterocycles. The molecule has 2 aromatic rings. The average molecular weight is 262 g/mol. The molecule has 0 aliphatic rings. The number of hydrogen-bond acceptors (Lipinski definition) is 4. The Morgan fingerprint density at radius 1 is 1.28 bits per heavy atom. The van der Waals surface area contributed by atoms with E-state index < -0.39 is 0 Å². The van der Waals surface area contributed by atoms with Crippen LogP contribution < -0.4 is 10.1 Å². The summed E-state index contributed by atoms with van der Waals surface area (Å²) >= 11 is 1.61. The zero-order valence-electron chi connectivity index (χ0n) is 10.6. The largest absolute Gasteiger partial charge is 0.494 e. The van der Waals surface area contributed by atoms with Crippen LogP contribution in [0.4, 0.5) is 5.13 Å². The van der Waals surface area contributed by atoms with Crippen molar-refractivity contribution in [3.63, 3.8) is 0 Å². The summed E-state index contributed by atoms with van der Waals surface area (Å²) in [6.07, 6.45) is 4.07. The van der Waals surface area contributed by atoms with Crippen LogP contribution in [0.15, 0.2) is 35.8 Å². The van der Waals surface area contributed by atoms with Crippen LogP contribution in [0.5, 0.6) is 5.75 Å². The Hall–Kier alpha value is -1.55. The van der Waals surface area contributed by atoms with Crippen LogP contribution in [0.1, 0.15) is 25.3 Å². The molecular formula is C14H18N2OS. The highest BCUT2D eigenvalue weighted by molar-refractivity contribution is 7.13. The first kappa shape index (κ1) is 12.9. The van der Waals surface area contributed by atoms with Crippen LogP contribution in [-0.2, 0) is 6.54 Å². The normalized spacial score (nSPS) is 10.3. The van der Waals surface area contributed by atoms with Crippen molar-refractivity contribution in [3.05, 3.63) is 41.4 Å². The van der Waals surface area contributed by atoms with Gasteiger partial charge in [-0.3, -0.25) is 0 Å². The number of hydrogen-bond donors (Lipinski definition) is 1. The molecule has 0 amide bonds. The molecule has 4 heteroatoms. The van der Waals surface area contributed by atoms with Crippen LogP contribution in [0, 0.1) is 0 Å². The molecule has 2 rings (SSSR count). The van der Waals surface area contributed by atoms with Gasteiger partial charge in [-0.15, -0.1) is 11.3 Å². The molecule has 96 valence electrons. The van der Waals surface area contributed by atoms with Crippen LogP contribution in [0.25, 0.3) is 0 Å². The van der Waals surface area contributed by atoms with E-state index in [9.17, 15) is 0 Å². The monoisotopic (exact) mass is 262 g/mol. The van der Waals surface area contributed by atoms with Crippen molar-refractivity contribution in [1.29, 1.82) is 0 Å². The van der Waals surface area contributed by atoms with E-state index >= 15 is 0 Å². The Bertz CT molecular complexity index is 439. The first-order valence-electron chi connectivity index (χ1n) is 6.23. The smallest absolute Gasteiger partial charge is 0.182 e. The quantitative estimate of drug-likeness (QED) is 0.768. The zero-order chi connectivity index (χ0) is 12.6. The molecule has 0 aliphatic heterocycles. The molecule has 0 fully saturated rings. The molecule has 0 radical (unpaired) electrons. The zero-order valence-corrected chi connectivity index (χ0v) is 11.4. The molecule has 3 nitrogen and oxygen atoms in total. The summed E-state index contributed by atoms with van der Waals surface area (Å²) in [4.78, 5) is 4.18. The highest BCUT2D eigenvalue weighted by Crippen LogP contribution is 2.15. The lowest BCUT2D eigenvalue weighted by Crippen LogP contribution is -1.99. The van der Waals surface area contributed by atoms with E-state index in [-0.39, 0.29) is 0 Å². The summed E-state index contributed by atoms with van der Waals surface area (Å²) in [6.45, 7) is 3.76. The molecular weight excluding hydrogens is 244 g/mol. The van der Waals surface area contributed by atoms with Gasteiger partial charge >= 0.3 is 0 Å². The number of rotatable bonds is 7. The van der Waals surface area contributed by atoms with Crippen LogP contribution >= 0.6 is 11.3 Å². The Balaban J connectivity index is 1.80. The fourth-order valence-electron chi connectivity index (χ4n) is 1.53. The third kappa shape index (κ3) is 4.04. The summed E-state index contributed by atoms with van der Waals surface area (Å²) in [7, 11) is 0. The second-order valence-electron chi connectivity index (χ2n) is 4.04. The molecule has 1 aromatic heterocycles. The van der Waals surface area contributed by atoms with Crippen molar-refractivity contribution < 1.29 is 4.74 Å². The Kier molecular flexibility index (Phi) is 5.02. The molecule has 0 unspecified atom stereocenters. The number of ether oxygens (including phenoxy) is 1. The first-order chi connectivity index (χ1) is 8.88. The van der Waals surface area contributed by atoms with Gasteiger partial charge in [0.15, 0.2) is 5.13 Å². The highest BCUT2D eigenvalue weighted by Gasteiger charge is 1.97. The van der Waals surface area contributed by atoms with Gasteiger partial charge in [0.1, 0.15) is 5.75 Å². The minimum Gasteiger partial charge on any atom is -0.494 e. The maximum Gasteiger partial charge on any atom is 0.182 e. The summed E-state index contributed by atoms with van der Waals surface area (Å²) < 4.78 is 5.62. The summed E-state index contributed by atoms with van der Waals surface area (Å²) in [5, 5.41) is 6.20. The summed E-state index contributed by atoms with van der Waals surface area (Å²) in [5.74, 6) is 0.946. The van der Waals surface area contributed by atoms with E-state index in [4.69, 9.17) is 4.74 Å². The van der Waals surface area contributed by atoms with Crippen molar-refractivity contribution in [2.75, 3.05) is 11.9 Å². The molecule has 0 aliphatic carbocycles. The molecule has 0 atom stereocenters. The van der Waals surface area contributed by atoms with Gasteiger partial charge in [-0.1, -0.05) is 25.5 Å². The molecule has 1 N–H and O–H groups in total. The number of nitrogens with one attached hydrogen (secondary N) is 1. The number of aromatic nitrogens is 1. The van der Waals surface area contributed by atoms with E-state index in [0.29, 0.717) is 0 Å². The Labute approximate surface area is 112 Å². The third-order valence-corrected chi connectivity index (χ3v) is 3.30. The van der Waals surface area contributed by atoms with Gasteiger partial charge < -0.3 is 10.1 Å². The lowest BCUT2D eigenvalue weighted by molar-refractivity contribution is 0.309. The molecule has 0 bridgehead atoms. The van der Waals surface area contributed by atoms with Crippen LogP contribution in [-0.4, -0.2) is 11.6 Å². The van der Waals surface area contributed by atoms with Crippen LogP contribution in [0.3, 0.4) is 0 Å². The lowest BCUT2D eigenvalue weighted by atomic mass is 10.2. The fraction of sp³-hybridized carbons (Fsp3) is 0.357. The number of anilines is 1. The van der Waals surface area contributed by atoms with Crippen molar-refractivity contribution in [2.24, 2.45) is 0 Å². The Morgan fingerprint density at radius 3 is 2.78 bits per heavy atom. The number of nitrogens with zero attached hydrogens (tertiary/aromatic N) is 1. The van der Waals surface area contributed by atoms with Crippen molar-refractivity contribution in [3.8, 4) is 5.75 Å². The van der Waals surface area contributed by atoms with Crippen molar-refractivity contribution in [1.82, 2.24) is 4.98 Å². The standard InChI is InChI=1S/C14H18N2OS/c1-2-3-9-17-13-6-4-12(5-7-13)11-16-14-15-8-10-18-14/h4-8,10H,2-3,9,11H2,1H3,(H,15,16). The van der Waals surface area contributed by atoms with Gasteiger partial charge in [0.05, 0.1) is 6.61 Å². The summed E-state index contributed by atoms with van der Waals surface area (Å²) in [5.41, 5.74) is 1.23. The number of thiazole rings is 1. The second-order valence-corrected chi connectivity index (χ2v) is 4.93. The molecule has 0 saturated carbocycles. The third-order valence-electron chi connectivity index (χ3n) is 2.57. The first-order valence-corrected chi connectivity index (χ1v) is 7.11. The Morgan fingerprint density at radius 2 is 2.11 bits per heavy atom. The molecule has 0 saturated heterocycles. The fourth-order valence-corrected chi connectivity index (χ4v) is 2.05. The van der Waals surface area contributed by atoms with Gasteiger partial charge in [-0.25, -0.2) is 4.98 Å². The SMILES string of the molecule is CCCCOc1ccc(CNc2nccs2)cc1. The minimum absolute atomic E-state index is 0.794. The minimum atomic E-state index is 0.794. The lowest BCUT2D eigenvalue weighted by Gasteiger charge is -2.07. The van der Waals surface area contributed by atoms with E-state index in [0.717, 1.165) is 36.9 Å². The maximum absolute atomic E-state index is 5.62. The number of benzene rings is 1. The van der Waals surface area contributed by atoms with E-state index in [1.165, 1.54) is 5.56 Å². The maximum atomic E-state index is 5.62. The average Bonchev–Trinajstić information content (AvgIpc) is 2.91. The molecule has 18 heavy (non-hydrogen) atoms. The topological polar surface area (TPSA) is 34.1 Å². The highest BCUT2D eigenvalue weighted by atomic mass is 32.1. The van der Waals surface area contributed by atoms with E-state index in [1.54, 1.807) is 17.5 Å². The van der Waals surface area contributed by atoms with Crippen molar-refractivity contribution >= 4 is 16.5 Å². The predicted octanol–water partition coefficient (Wildman–Crippen LogP) is 3.93. The molecule has 0 spiro atoms. The van der Waals surface area contributed by atoms with Gasteiger partial charge in [0.25, 0.3) is 0 Å². The van der Waals surface area contributed by atoms with Gasteiger partial charge in [0.2, 0.25) is 0 Å². The predicted molar refractivity (Wildman–Crippen MR) is 76.3 cm³/mol. The van der Waals surface area contributed by atoms with E-state index in [2.05, 4.69) is 29.4 Å². The van der Waals surface area contributed by atoms with Crippen LogP contribution in [0.2, 0.25) is 0 Å². The van der Waals surface area contributed by atoms with Gasteiger partial charge in [0, 0.05) is 18.1 Å². The second kappa shape index (κ2) is 7.01. The van der Waals surface area contributed by atoms with E-state index in [1.807, 2.05) is 17.5 Å². The molecule has 1 aromatic carbocycles. The van der Waals surface area contributed by atoms with Gasteiger partial charge in [-0.05, 0) is 24.1 Å². The number of unbranched alkanes of at least 4 members (excludes halogenated alkanes) is 1.